The number of aromatic nitrogens is 4. The third-order valence-corrected chi connectivity index (χ3v) is 7.67. The molecule has 0 aliphatic carbocycles. The first-order valence-corrected chi connectivity index (χ1v) is 12.5. The highest BCUT2D eigenvalue weighted by Gasteiger charge is 2.54. The molecular formula is C20H23ClN5O8P. The van der Waals surface area contributed by atoms with Crippen LogP contribution in [0.25, 0.3) is 11.2 Å². The van der Waals surface area contributed by atoms with Gasteiger partial charge in [0.05, 0.1) is 25.6 Å². The molecule has 35 heavy (non-hydrogen) atoms. The largest absolute Gasteiger partial charge is 0.475 e. The van der Waals surface area contributed by atoms with Crippen molar-refractivity contribution in [1.82, 2.24) is 19.5 Å². The number of aromatic amines is 1. The number of phosphoric ester groups is 1. The lowest BCUT2D eigenvalue weighted by Crippen LogP contribution is -2.44. The Kier molecular flexibility index (Phi) is 6.22. The summed E-state index contributed by atoms with van der Waals surface area (Å²) in [4.78, 5) is 22.5. The number of hydrogen-bond acceptors (Lipinski definition) is 11. The van der Waals surface area contributed by atoms with Crippen LogP contribution in [0.3, 0.4) is 0 Å². The Morgan fingerprint density at radius 3 is 3.03 bits per heavy atom. The van der Waals surface area contributed by atoms with Crippen molar-refractivity contribution in [2.24, 2.45) is 0 Å². The van der Waals surface area contributed by atoms with Gasteiger partial charge in [0.25, 0.3) is 5.56 Å². The number of H-pyrrole nitrogens is 1. The summed E-state index contributed by atoms with van der Waals surface area (Å²) in [6.07, 6.45) is -2.69. The third kappa shape index (κ3) is 4.50. The van der Waals surface area contributed by atoms with Gasteiger partial charge < -0.3 is 20.7 Å². The molecule has 2 aliphatic heterocycles. The Hall–Kier alpha value is -2.35. The molecule has 2 aliphatic rings. The third-order valence-electron chi connectivity index (χ3n) is 5.96. The van der Waals surface area contributed by atoms with Crippen LogP contribution in [0.2, 0.25) is 5.02 Å². The smallest absolute Gasteiger partial charge is 0.387 e. The normalized spacial score (nSPS) is 33.4. The second-order valence-corrected chi connectivity index (χ2v) is 10.5. The minimum atomic E-state index is -4.01. The Balaban J connectivity index is 1.33. The number of nitrogens with zero attached hydrogens (tertiary/aromatic N) is 3. The molecule has 2 saturated heterocycles. The van der Waals surface area contributed by atoms with Gasteiger partial charge in [-0.25, -0.2) is 9.55 Å². The predicted octanol–water partition coefficient (Wildman–Crippen LogP) is 1.67. The molecule has 2 aromatic heterocycles. The van der Waals surface area contributed by atoms with E-state index in [9.17, 15) is 19.6 Å². The van der Waals surface area contributed by atoms with E-state index in [2.05, 4.69) is 15.0 Å². The van der Waals surface area contributed by atoms with Crippen LogP contribution in [0.5, 0.6) is 0 Å². The zero-order valence-electron chi connectivity index (χ0n) is 18.4. The first-order chi connectivity index (χ1) is 16.6. The van der Waals surface area contributed by atoms with E-state index in [1.807, 2.05) is 0 Å². The van der Waals surface area contributed by atoms with Crippen LogP contribution in [0.4, 0.5) is 5.95 Å². The molecule has 0 radical (unpaired) electrons. The topological polar surface area (TPSA) is 184 Å². The van der Waals surface area contributed by atoms with E-state index in [1.165, 1.54) is 17.8 Å². The van der Waals surface area contributed by atoms with Crippen molar-refractivity contribution >= 4 is 36.5 Å². The van der Waals surface area contributed by atoms with E-state index < -0.39 is 50.1 Å². The number of rotatable bonds is 5. The van der Waals surface area contributed by atoms with Gasteiger partial charge in [0.1, 0.15) is 17.8 Å². The van der Waals surface area contributed by atoms with Gasteiger partial charge in [-0.1, -0.05) is 23.7 Å². The molecule has 0 amide bonds. The first-order valence-electron chi connectivity index (χ1n) is 10.7. The van der Waals surface area contributed by atoms with Crippen LogP contribution < -0.4 is 11.3 Å². The van der Waals surface area contributed by atoms with Gasteiger partial charge in [-0.15, -0.1) is 0 Å². The molecule has 1 aromatic carbocycles. The highest BCUT2D eigenvalue weighted by atomic mass is 35.5. The Bertz CT molecular complexity index is 1360. The molecule has 5 N–H and O–H groups in total. The first kappa shape index (κ1) is 24.3. The van der Waals surface area contributed by atoms with E-state index in [4.69, 9.17) is 35.6 Å². The quantitative estimate of drug-likeness (QED) is 0.354. The number of phosphoric acid groups is 1. The monoisotopic (exact) mass is 527 g/mol. The van der Waals surface area contributed by atoms with Gasteiger partial charge in [0.2, 0.25) is 5.95 Å². The van der Waals surface area contributed by atoms with Crippen molar-refractivity contribution in [3.8, 4) is 0 Å². The lowest BCUT2D eigenvalue weighted by molar-refractivity contribution is -0.0953. The molecule has 0 saturated carbocycles. The van der Waals surface area contributed by atoms with Crippen molar-refractivity contribution in [2.75, 3.05) is 18.9 Å². The van der Waals surface area contributed by atoms with Crippen LogP contribution in [-0.4, -0.2) is 60.8 Å². The van der Waals surface area contributed by atoms with Crippen molar-refractivity contribution in [2.45, 2.75) is 43.5 Å². The van der Waals surface area contributed by atoms with Gasteiger partial charge in [-0.3, -0.25) is 27.9 Å². The summed E-state index contributed by atoms with van der Waals surface area (Å²) >= 11 is 6.04. The molecule has 6 atom stereocenters. The van der Waals surface area contributed by atoms with E-state index >= 15 is 0 Å². The molecule has 5 rings (SSSR count). The summed E-state index contributed by atoms with van der Waals surface area (Å²) in [6.45, 7) is 1.04. The van der Waals surface area contributed by atoms with Crippen molar-refractivity contribution in [3.05, 3.63) is 51.5 Å². The fourth-order valence-corrected chi connectivity index (χ4v) is 5.76. The fraction of sp³-hybridized carbons (Fsp3) is 0.450. The highest BCUT2D eigenvalue weighted by Crippen LogP contribution is 2.57. The SMILES string of the molecule is C[C@@]1(O)[C@H](O)[C@@H](CO[P@]2(=O)OCC[C@H](c3cccc(Cl)c3)O2)O[C@H]1n1cnc2c(=O)[nH]c(N)nc21. The average molecular weight is 528 g/mol. The summed E-state index contributed by atoms with van der Waals surface area (Å²) < 4.78 is 36.6. The number of nitrogens with two attached hydrogens (primary N) is 1. The van der Waals surface area contributed by atoms with E-state index in [0.717, 1.165) is 5.56 Å². The predicted molar refractivity (Wildman–Crippen MR) is 123 cm³/mol. The minimum Gasteiger partial charge on any atom is -0.387 e. The molecule has 15 heteroatoms. The number of aliphatic hydroxyl groups excluding tert-OH is 1. The van der Waals surface area contributed by atoms with E-state index in [-0.39, 0.29) is 23.7 Å². The molecule has 3 aromatic rings. The number of fused-ring (bicyclic) bond motifs is 1. The summed E-state index contributed by atoms with van der Waals surface area (Å²) in [5, 5.41) is 22.3. The Labute approximate surface area is 203 Å². The number of aliphatic hydroxyl groups is 2. The number of halogens is 1. The number of ether oxygens (including phenoxy) is 1. The summed E-state index contributed by atoms with van der Waals surface area (Å²) in [7, 11) is -4.01. The van der Waals surface area contributed by atoms with E-state index in [0.29, 0.717) is 11.4 Å². The highest BCUT2D eigenvalue weighted by molar-refractivity contribution is 7.48. The van der Waals surface area contributed by atoms with Gasteiger partial charge in [0, 0.05) is 11.4 Å². The van der Waals surface area contributed by atoms with Crippen LogP contribution in [-0.2, 0) is 22.9 Å². The van der Waals surface area contributed by atoms with Gasteiger partial charge in [-0.2, -0.15) is 4.98 Å². The Morgan fingerprint density at radius 2 is 2.26 bits per heavy atom. The lowest BCUT2D eigenvalue weighted by Gasteiger charge is -2.30. The number of anilines is 1. The van der Waals surface area contributed by atoms with E-state index in [1.54, 1.807) is 24.3 Å². The standard InChI is InChI=1S/C20H23ClN5O8P/c1-20(29)15(27)13(33-18(20)26-9-23-14-16(26)24-19(22)25-17(14)28)8-32-35(30)31-6-5-12(34-35)10-3-2-4-11(21)7-10/h2-4,7,9,12-13,15,18,27,29H,5-6,8H2,1H3,(H3,22,24,25,28)/t12-,13-,15-,18-,20-,35+/m1/s1. The summed E-state index contributed by atoms with van der Waals surface area (Å²) in [6, 6.07) is 6.96. The molecule has 2 fully saturated rings. The molecule has 0 unspecified atom stereocenters. The maximum atomic E-state index is 13.1. The van der Waals surface area contributed by atoms with Crippen molar-refractivity contribution < 1.29 is 33.1 Å². The molecule has 4 heterocycles. The van der Waals surface area contributed by atoms with Crippen LogP contribution >= 0.6 is 19.4 Å². The fourth-order valence-electron chi connectivity index (χ4n) is 4.17. The zero-order valence-corrected chi connectivity index (χ0v) is 20.1. The second-order valence-electron chi connectivity index (χ2n) is 8.49. The number of hydrogen-bond donors (Lipinski definition) is 4. The van der Waals surface area contributed by atoms with Crippen LogP contribution in [0.1, 0.15) is 31.2 Å². The maximum Gasteiger partial charge on any atom is 0.475 e. The molecule has 188 valence electrons. The van der Waals surface area contributed by atoms with Gasteiger partial charge >= 0.3 is 7.82 Å². The number of imidazole rings is 1. The van der Waals surface area contributed by atoms with Crippen molar-refractivity contribution in [1.29, 1.82) is 0 Å². The number of benzene rings is 1. The Morgan fingerprint density at radius 1 is 1.46 bits per heavy atom. The zero-order chi connectivity index (χ0) is 25.0. The average Bonchev–Trinajstić information content (AvgIpc) is 3.31. The molecule has 0 bridgehead atoms. The minimum absolute atomic E-state index is 0.0201. The molecule has 0 spiro atoms. The number of nitrogens with one attached hydrogen (secondary N) is 1. The number of nitrogen functional groups attached to an aromatic ring is 1. The second kappa shape index (κ2) is 8.95. The van der Waals surface area contributed by atoms with Gasteiger partial charge in [0.15, 0.2) is 17.4 Å². The summed E-state index contributed by atoms with van der Waals surface area (Å²) in [5.74, 6) is -0.152. The van der Waals surface area contributed by atoms with Crippen LogP contribution in [0.15, 0.2) is 35.4 Å². The van der Waals surface area contributed by atoms with Crippen molar-refractivity contribution in [3.63, 3.8) is 0 Å². The molecular weight excluding hydrogens is 505 g/mol. The van der Waals surface area contributed by atoms with Gasteiger partial charge in [-0.05, 0) is 24.6 Å². The molecule has 13 nitrogen and oxygen atoms in total. The maximum absolute atomic E-state index is 13.1. The van der Waals surface area contributed by atoms with Crippen LogP contribution in [0, 0.1) is 0 Å². The lowest BCUT2D eigenvalue weighted by atomic mass is 9.96. The summed E-state index contributed by atoms with van der Waals surface area (Å²) in [5.41, 5.74) is 3.97.